The van der Waals surface area contributed by atoms with Crippen molar-refractivity contribution in [2.24, 2.45) is 0 Å². The highest BCUT2D eigenvalue weighted by atomic mass is 16.2. The number of rotatable bonds is 7. The largest absolute Gasteiger partial charge is 0.371 e. The van der Waals surface area contributed by atoms with Crippen molar-refractivity contribution in [3.8, 4) is 0 Å². The molecule has 9 heteroatoms. The van der Waals surface area contributed by atoms with Gasteiger partial charge in [-0.3, -0.25) is 15.0 Å². The van der Waals surface area contributed by atoms with Gasteiger partial charge in [-0.2, -0.15) is 0 Å². The molecular formula is C32H37N7O2. The predicted octanol–water partition coefficient (Wildman–Crippen LogP) is 5.16. The van der Waals surface area contributed by atoms with Crippen LogP contribution in [0.4, 0.5) is 27.8 Å². The third kappa shape index (κ3) is 6.25. The fourth-order valence-corrected chi connectivity index (χ4v) is 6.26. The van der Waals surface area contributed by atoms with E-state index in [1.54, 1.807) is 17.2 Å². The van der Waals surface area contributed by atoms with Crippen molar-refractivity contribution in [2.45, 2.75) is 44.1 Å². The maximum Gasteiger partial charge on any atom is 0.328 e. The maximum atomic E-state index is 12.1. The number of likely N-dealkylation sites (tertiary alicyclic amines) is 1. The van der Waals surface area contributed by atoms with Crippen LogP contribution in [0, 0.1) is 0 Å². The van der Waals surface area contributed by atoms with Gasteiger partial charge in [0.15, 0.2) is 0 Å². The van der Waals surface area contributed by atoms with Gasteiger partial charge in [0.2, 0.25) is 11.9 Å². The van der Waals surface area contributed by atoms with E-state index in [9.17, 15) is 9.59 Å². The lowest BCUT2D eigenvalue weighted by molar-refractivity contribution is -0.120. The van der Waals surface area contributed by atoms with Gasteiger partial charge >= 0.3 is 6.03 Å². The first kappa shape index (κ1) is 27.0. The predicted molar refractivity (Wildman–Crippen MR) is 163 cm³/mol. The summed E-state index contributed by atoms with van der Waals surface area (Å²) in [5, 5.41) is 5.67. The number of hydrogen-bond acceptors (Lipinski definition) is 7. The molecule has 0 saturated carbocycles. The Balaban J connectivity index is 0.964. The van der Waals surface area contributed by atoms with Crippen molar-refractivity contribution >= 4 is 41.0 Å². The first-order valence-electron chi connectivity index (χ1n) is 14.6. The van der Waals surface area contributed by atoms with Crippen LogP contribution in [0.1, 0.15) is 49.3 Å². The van der Waals surface area contributed by atoms with E-state index in [2.05, 4.69) is 73.4 Å². The van der Waals surface area contributed by atoms with Gasteiger partial charge in [-0.15, -0.1) is 0 Å². The number of carbonyl (C=O) groups excluding carboxylic acids is 2. The molecule has 2 aromatic carbocycles. The highest BCUT2D eigenvalue weighted by Gasteiger charge is 2.29. The SMILES string of the molecule is C=Cc1ccnc(Nc2ccc(C3CCN(C4CCN(c5ccc(N6CCC(=O)NC6=O)cc5)CC4)CC3)cc2)n1. The standard InChI is InChI=1S/C32H37N7O2/c1-2-25-11-17-33-31(34-25)35-26-5-3-23(4-6-26)24-12-18-37(19-13-24)28-14-20-38(21-15-28)27-7-9-29(10-8-27)39-22-16-30(40)36-32(39)41/h2-11,17,24,28H,1,12-16,18-22H2,(H,33,34,35)(H,36,40,41). The Morgan fingerprint density at radius 3 is 2.24 bits per heavy atom. The molecule has 0 aliphatic carbocycles. The summed E-state index contributed by atoms with van der Waals surface area (Å²) in [6.45, 7) is 8.56. The summed E-state index contributed by atoms with van der Waals surface area (Å²) in [6.07, 6.45) is 8.50. The fraction of sp³-hybridized carbons (Fsp3) is 0.375. The van der Waals surface area contributed by atoms with E-state index < -0.39 is 0 Å². The second-order valence-electron chi connectivity index (χ2n) is 11.1. The molecule has 0 spiro atoms. The van der Waals surface area contributed by atoms with Crippen LogP contribution in [-0.2, 0) is 4.79 Å². The van der Waals surface area contributed by atoms with E-state index in [1.165, 1.54) is 36.9 Å². The van der Waals surface area contributed by atoms with Crippen LogP contribution in [0.3, 0.4) is 0 Å². The highest BCUT2D eigenvalue weighted by Crippen LogP contribution is 2.32. The number of benzene rings is 2. The summed E-state index contributed by atoms with van der Waals surface area (Å²) >= 11 is 0. The molecule has 0 radical (unpaired) electrons. The number of nitrogens with one attached hydrogen (secondary N) is 2. The van der Waals surface area contributed by atoms with Gasteiger partial charge < -0.3 is 15.1 Å². The molecule has 3 amide bonds. The summed E-state index contributed by atoms with van der Waals surface area (Å²) < 4.78 is 0. The second kappa shape index (κ2) is 12.1. The minimum absolute atomic E-state index is 0.209. The van der Waals surface area contributed by atoms with Crippen LogP contribution in [0.2, 0.25) is 0 Å². The molecule has 3 aliphatic heterocycles. The molecule has 3 fully saturated rings. The summed E-state index contributed by atoms with van der Waals surface area (Å²) in [4.78, 5) is 39.1. The number of piperidine rings is 2. The van der Waals surface area contributed by atoms with Gasteiger partial charge in [0.05, 0.1) is 5.69 Å². The third-order valence-corrected chi connectivity index (χ3v) is 8.62. The van der Waals surface area contributed by atoms with Crippen molar-refractivity contribution < 1.29 is 9.59 Å². The molecule has 1 aromatic heterocycles. The van der Waals surface area contributed by atoms with Crippen molar-refractivity contribution in [1.82, 2.24) is 20.2 Å². The number of imide groups is 1. The van der Waals surface area contributed by atoms with Crippen LogP contribution in [0.25, 0.3) is 6.08 Å². The quantitative estimate of drug-likeness (QED) is 0.419. The zero-order valence-corrected chi connectivity index (χ0v) is 23.3. The number of urea groups is 1. The molecular weight excluding hydrogens is 514 g/mol. The molecule has 0 bridgehead atoms. The summed E-state index contributed by atoms with van der Waals surface area (Å²) in [7, 11) is 0. The third-order valence-electron chi connectivity index (χ3n) is 8.62. The molecule has 3 aromatic rings. The molecule has 6 rings (SSSR count). The van der Waals surface area contributed by atoms with Crippen LogP contribution in [-0.4, -0.2) is 65.6 Å². The second-order valence-corrected chi connectivity index (χ2v) is 11.1. The summed E-state index contributed by atoms with van der Waals surface area (Å²) in [5.74, 6) is 0.968. The van der Waals surface area contributed by atoms with E-state index in [1.807, 2.05) is 18.2 Å². The van der Waals surface area contributed by atoms with E-state index in [4.69, 9.17) is 0 Å². The van der Waals surface area contributed by atoms with Crippen LogP contribution >= 0.6 is 0 Å². The van der Waals surface area contributed by atoms with Crippen molar-refractivity contribution in [1.29, 1.82) is 0 Å². The molecule has 0 atom stereocenters. The zero-order valence-electron chi connectivity index (χ0n) is 23.3. The summed E-state index contributed by atoms with van der Waals surface area (Å²) in [5.41, 5.74) is 5.22. The van der Waals surface area contributed by atoms with Crippen molar-refractivity contribution in [2.75, 3.05) is 47.8 Å². The smallest absolute Gasteiger partial charge is 0.328 e. The molecule has 212 valence electrons. The molecule has 4 heterocycles. The van der Waals surface area contributed by atoms with Gasteiger partial charge in [0.25, 0.3) is 0 Å². The Bertz CT molecular complexity index is 1380. The Morgan fingerprint density at radius 1 is 0.854 bits per heavy atom. The lowest BCUT2D eigenvalue weighted by atomic mass is 9.88. The minimum atomic E-state index is -0.340. The molecule has 9 nitrogen and oxygen atoms in total. The Kier molecular flexibility index (Phi) is 7.95. The van der Waals surface area contributed by atoms with Crippen molar-refractivity contribution in [3.05, 3.63) is 78.6 Å². The molecule has 41 heavy (non-hydrogen) atoms. The average molecular weight is 552 g/mol. The maximum absolute atomic E-state index is 12.1. The number of amides is 3. The Hall–Kier alpha value is -4.24. The Morgan fingerprint density at radius 2 is 1.56 bits per heavy atom. The number of anilines is 4. The van der Waals surface area contributed by atoms with Gasteiger partial charge in [-0.25, -0.2) is 14.8 Å². The van der Waals surface area contributed by atoms with Gasteiger partial charge in [0, 0.05) is 55.4 Å². The zero-order chi connectivity index (χ0) is 28.2. The number of hydrogen-bond donors (Lipinski definition) is 2. The van der Waals surface area contributed by atoms with Gasteiger partial charge in [-0.05, 0) is 98.8 Å². The number of carbonyl (C=O) groups is 2. The molecule has 3 saturated heterocycles. The van der Waals surface area contributed by atoms with E-state index in [-0.39, 0.29) is 11.9 Å². The topological polar surface area (TPSA) is 93.7 Å². The van der Waals surface area contributed by atoms with Crippen LogP contribution in [0.15, 0.2) is 67.4 Å². The lowest BCUT2D eigenvalue weighted by Gasteiger charge is -2.42. The highest BCUT2D eigenvalue weighted by molar-refractivity contribution is 6.05. The Labute approximate surface area is 241 Å². The number of nitrogens with zero attached hydrogens (tertiary/aromatic N) is 5. The van der Waals surface area contributed by atoms with Crippen LogP contribution in [0.5, 0.6) is 0 Å². The van der Waals surface area contributed by atoms with E-state index >= 15 is 0 Å². The lowest BCUT2D eigenvalue weighted by Crippen LogP contribution is -2.49. The normalized spacial score (nSPS) is 19.2. The first-order valence-corrected chi connectivity index (χ1v) is 14.6. The number of aromatic nitrogens is 2. The van der Waals surface area contributed by atoms with E-state index in [0.29, 0.717) is 30.9 Å². The van der Waals surface area contributed by atoms with Gasteiger partial charge in [0.1, 0.15) is 0 Å². The molecule has 0 unspecified atom stereocenters. The van der Waals surface area contributed by atoms with Gasteiger partial charge in [-0.1, -0.05) is 18.7 Å². The van der Waals surface area contributed by atoms with E-state index in [0.717, 1.165) is 43.2 Å². The van der Waals surface area contributed by atoms with Crippen LogP contribution < -0.4 is 20.4 Å². The van der Waals surface area contributed by atoms with Crippen molar-refractivity contribution in [3.63, 3.8) is 0 Å². The minimum Gasteiger partial charge on any atom is -0.371 e. The summed E-state index contributed by atoms with van der Waals surface area (Å²) in [6, 6.07) is 19.0. The first-order chi connectivity index (χ1) is 20.1. The average Bonchev–Trinajstić information content (AvgIpc) is 3.02. The molecule has 2 N–H and O–H groups in total. The monoisotopic (exact) mass is 551 g/mol. The fourth-order valence-electron chi connectivity index (χ4n) is 6.26. The molecule has 3 aliphatic rings.